The van der Waals surface area contributed by atoms with Crippen molar-refractivity contribution in [1.82, 2.24) is 15.3 Å². The average molecular weight is 398 g/mol. The molecule has 1 aromatic carbocycles. The second kappa shape index (κ2) is 7.73. The van der Waals surface area contributed by atoms with Crippen LogP contribution in [0.15, 0.2) is 42.7 Å². The number of aliphatic hydroxyl groups is 1. The molecule has 2 aromatic heterocycles. The van der Waals surface area contributed by atoms with Gasteiger partial charge in [0.25, 0.3) is 0 Å². The van der Waals surface area contributed by atoms with Crippen LogP contribution in [0.4, 0.5) is 14.6 Å². The van der Waals surface area contributed by atoms with Gasteiger partial charge in [-0.3, -0.25) is 4.98 Å². The number of aromatic nitrogens is 2. The molecule has 1 unspecified atom stereocenters. The van der Waals surface area contributed by atoms with Crippen LogP contribution in [0.3, 0.4) is 0 Å². The lowest BCUT2D eigenvalue weighted by molar-refractivity contribution is 0.160. The van der Waals surface area contributed by atoms with E-state index in [-0.39, 0.29) is 17.1 Å². The average Bonchev–Trinajstić information content (AvgIpc) is 2.71. The van der Waals surface area contributed by atoms with Crippen LogP contribution >= 0.6 is 0 Å². The van der Waals surface area contributed by atoms with Gasteiger partial charge in [0, 0.05) is 42.2 Å². The van der Waals surface area contributed by atoms with E-state index in [0.29, 0.717) is 24.3 Å². The molecule has 0 spiro atoms. The lowest BCUT2D eigenvalue weighted by Crippen LogP contribution is -2.28. The minimum absolute atomic E-state index is 0.0883. The molecule has 1 aliphatic rings. The molecular weight excluding hydrogens is 378 g/mol. The van der Waals surface area contributed by atoms with Gasteiger partial charge in [0.2, 0.25) is 0 Å². The highest BCUT2D eigenvalue weighted by Gasteiger charge is 2.20. The zero-order valence-corrected chi connectivity index (χ0v) is 15.7. The molecular formula is C21H20F2N4O2. The first kappa shape index (κ1) is 19.2. The molecule has 150 valence electrons. The van der Waals surface area contributed by atoms with E-state index in [4.69, 9.17) is 10.5 Å². The maximum atomic E-state index is 14.0. The van der Waals surface area contributed by atoms with Crippen molar-refractivity contribution in [3.8, 4) is 16.9 Å². The lowest BCUT2D eigenvalue weighted by Gasteiger charge is -2.22. The van der Waals surface area contributed by atoms with Crippen LogP contribution in [0.5, 0.6) is 5.75 Å². The summed E-state index contributed by atoms with van der Waals surface area (Å²) in [4.78, 5) is 8.54. The fraction of sp³-hybridized carbons (Fsp3) is 0.238. The van der Waals surface area contributed by atoms with Crippen molar-refractivity contribution >= 4 is 5.82 Å². The molecule has 4 N–H and O–H groups in total. The normalized spacial score (nSPS) is 16.9. The Morgan fingerprint density at radius 1 is 1.17 bits per heavy atom. The highest BCUT2D eigenvalue weighted by Crippen LogP contribution is 2.32. The van der Waals surface area contributed by atoms with Crippen LogP contribution in [-0.4, -0.2) is 21.6 Å². The summed E-state index contributed by atoms with van der Waals surface area (Å²) in [7, 11) is 0. The maximum Gasteiger partial charge on any atom is 0.166 e. The number of pyridine rings is 2. The second-order valence-electron chi connectivity index (χ2n) is 6.95. The van der Waals surface area contributed by atoms with Gasteiger partial charge >= 0.3 is 0 Å². The summed E-state index contributed by atoms with van der Waals surface area (Å²) in [6.45, 7) is 2.68. The summed E-state index contributed by atoms with van der Waals surface area (Å²) >= 11 is 0. The SMILES string of the molecule is C[C@@H](Oc1cc(-c2cnc3c(c2)CNCC3O)cnc1N)c1cc(F)ccc1F. The summed E-state index contributed by atoms with van der Waals surface area (Å²) < 4.78 is 33.3. The molecule has 3 aromatic rings. The number of ether oxygens (including phenoxy) is 1. The first-order valence-electron chi connectivity index (χ1n) is 9.17. The Hall–Kier alpha value is -3.10. The van der Waals surface area contributed by atoms with Crippen molar-refractivity contribution < 1.29 is 18.6 Å². The Labute approximate surface area is 166 Å². The van der Waals surface area contributed by atoms with Gasteiger partial charge in [-0.2, -0.15) is 0 Å². The fourth-order valence-corrected chi connectivity index (χ4v) is 3.35. The van der Waals surface area contributed by atoms with E-state index in [2.05, 4.69) is 15.3 Å². The number of anilines is 1. The van der Waals surface area contributed by atoms with Crippen molar-refractivity contribution in [3.63, 3.8) is 0 Å². The summed E-state index contributed by atoms with van der Waals surface area (Å²) in [6.07, 6.45) is 1.83. The monoisotopic (exact) mass is 398 g/mol. The fourth-order valence-electron chi connectivity index (χ4n) is 3.35. The molecule has 8 heteroatoms. The van der Waals surface area contributed by atoms with Gasteiger partial charge in [0.15, 0.2) is 11.6 Å². The highest BCUT2D eigenvalue weighted by atomic mass is 19.1. The van der Waals surface area contributed by atoms with Crippen LogP contribution < -0.4 is 15.8 Å². The number of nitrogens with two attached hydrogens (primary N) is 1. The second-order valence-corrected chi connectivity index (χ2v) is 6.95. The smallest absolute Gasteiger partial charge is 0.166 e. The zero-order valence-electron chi connectivity index (χ0n) is 15.7. The van der Waals surface area contributed by atoms with Crippen molar-refractivity contribution in [3.05, 3.63) is 71.2 Å². The predicted molar refractivity (Wildman–Crippen MR) is 104 cm³/mol. The number of hydrogen-bond donors (Lipinski definition) is 3. The van der Waals surface area contributed by atoms with E-state index in [1.165, 1.54) is 0 Å². The molecule has 0 saturated heterocycles. The number of rotatable bonds is 4. The Kier molecular flexibility index (Phi) is 5.12. The maximum absolute atomic E-state index is 14.0. The molecule has 4 rings (SSSR count). The molecule has 2 atom stereocenters. The van der Waals surface area contributed by atoms with E-state index >= 15 is 0 Å². The van der Waals surface area contributed by atoms with Crippen LogP contribution in [0.25, 0.3) is 11.1 Å². The minimum atomic E-state index is -0.772. The van der Waals surface area contributed by atoms with Crippen LogP contribution in [0.2, 0.25) is 0 Å². The largest absolute Gasteiger partial charge is 0.482 e. The van der Waals surface area contributed by atoms with Gasteiger partial charge in [0.1, 0.15) is 23.8 Å². The first-order valence-corrected chi connectivity index (χ1v) is 9.17. The molecule has 0 aliphatic carbocycles. The van der Waals surface area contributed by atoms with E-state index in [0.717, 1.165) is 29.3 Å². The third kappa shape index (κ3) is 3.90. The van der Waals surface area contributed by atoms with E-state index in [1.54, 1.807) is 25.4 Å². The molecule has 0 fully saturated rings. The van der Waals surface area contributed by atoms with Crippen molar-refractivity contribution in [2.45, 2.75) is 25.7 Å². The molecule has 3 heterocycles. The molecule has 1 aliphatic heterocycles. The van der Waals surface area contributed by atoms with Gasteiger partial charge in [-0.15, -0.1) is 0 Å². The molecule has 29 heavy (non-hydrogen) atoms. The van der Waals surface area contributed by atoms with Gasteiger partial charge in [-0.05, 0) is 42.8 Å². The Morgan fingerprint density at radius 3 is 2.76 bits per heavy atom. The van der Waals surface area contributed by atoms with Crippen LogP contribution in [0, 0.1) is 11.6 Å². The van der Waals surface area contributed by atoms with Crippen LogP contribution in [0.1, 0.15) is 36.0 Å². The van der Waals surface area contributed by atoms with Crippen molar-refractivity contribution in [2.75, 3.05) is 12.3 Å². The summed E-state index contributed by atoms with van der Waals surface area (Å²) in [5.41, 5.74) is 9.05. The third-order valence-electron chi connectivity index (χ3n) is 4.89. The molecule has 0 radical (unpaired) electrons. The van der Waals surface area contributed by atoms with Gasteiger partial charge in [0.05, 0.1) is 5.69 Å². The molecule has 0 amide bonds. The molecule has 6 nitrogen and oxygen atoms in total. The zero-order chi connectivity index (χ0) is 20.5. The van der Waals surface area contributed by atoms with E-state index in [9.17, 15) is 13.9 Å². The van der Waals surface area contributed by atoms with Crippen LogP contribution in [-0.2, 0) is 6.54 Å². The lowest BCUT2D eigenvalue weighted by atomic mass is 10.0. The first-order chi connectivity index (χ1) is 13.9. The van der Waals surface area contributed by atoms with E-state index < -0.39 is 23.8 Å². The van der Waals surface area contributed by atoms with Crippen molar-refractivity contribution in [1.29, 1.82) is 0 Å². The highest BCUT2D eigenvalue weighted by molar-refractivity contribution is 5.67. The Morgan fingerprint density at radius 2 is 1.93 bits per heavy atom. The summed E-state index contributed by atoms with van der Waals surface area (Å²) in [5, 5.41) is 13.1. The third-order valence-corrected chi connectivity index (χ3v) is 4.89. The molecule has 0 saturated carbocycles. The number of hydrogen-bond acceptors (Lipinski definition) is 6. The number of nitrogen functional groups attached to an aromatic ring is 1. The number of halogens is 2. The van der Waals surface area contributed by atoms with E-state index in [1.807, 2.05) is 6.07 Å². The summed E-state index contributed by atoms with van der Waals surface area (Å²) in [6, 6.07) is 6.82. The number of fused-ring (bicyclic) bond motifs is 1. The minimum Gasteiger partial charge on any atom is -0.482 e. The number of β-amino-alcohol motifs (C(OH)–C–C–N with tert-alkyl or cyclic N) is 1. The van der Waals surface area contributed by atoms with Gasteiger partial charge < -0.3 is 20.9 Å². The standard InChI is InChI=1S/C21H20F2N4O2/c1-11(16-6-15(22)2-3-17(16)23)29-19-5-13(9-27-21(19)24)12-4-14-7-25-10-18(28)20(14)26-8-12/h2-6,8-9,11,18,25,28H,7,10H2,1H3,(H2,24,27)/t11-,18?/m1/s1. The number of nitrogens with zero attached hydrogens (tertiary/aromatic N) is 2. The van der Waals surface area contributed by atoms with Crippen molar-refractivity contribution in [2.24, 2.45) is 0 Å². The Bertz CT molecular complexity index is 1060. The number of aliphatic hydroxyl groups excluding tert-OH is 1. The topological polar surface area (TPSA) is 93.3 Å². The number of benzene rings is 1. The van der Waals surface area contributed by atoms with Gasteiger partial charge in [-0.1, -0.05) is 0 Å². The predicted octanol–water partition coefficient (Wildman–Crippen LogP) is 3.28. The Balaban J connectivity index is 1.64. The summed E-state index contributed by atoms with van der Waals surface area (Å²) in [5.74, 6) is -0.714. The molecule has 0 bridgehead atoms. The quantitative estimate of drug-likeness (QED) is 0.625. The number of nitrogens with one attached hydrogen (secondary N) is 1. The van der Waals surface area contributed by atoms with Gasteiger partial charge in [-0.25, -0.2) is 13.8 Å².